The summed E-state index contributed by atoms with van der Waals surface area (Å²) in [4.78, 5) is 14.1. The van der Waals surface area contributed by atoms with Crippen LogP contribution >= 0.6 is 0 Å². The molecule has 1 aromatic carbocycles. The highest BCUT2D eigenvalue weighted by molar-refractivity contribution is 5.78. The number of amides is 1. The van der Waals surface area contributed by atoms with Crippen LogP contribution in [0.25, 0.3) is 0 Å². The highest BCUT2D eigenvalue weighted by Crippen LogP contribution is 2.31. The zero-order chi connectivity index (χ0) is 16.1. The van der Waals surface area contributed by atoms with Crippen molar-refractivity contribution in [2.75, 3.05) is 40.0 Å². The van der Waals surface area contributed by atoms with Crippen molar-refractivity contribution in [2.45, 2.75) is 25.0 Å². The molecule has 0 bridgehead atoms. The Labute approximate surface area is 136 Å². The van der Waals surface area contributed by atoms with Gasteiger partial charge in [-0.1, -0.05) is 12.1 Å². The van der Waals surface area contributed by atoms with Gasteiger partial charge in [-0.2, -0.15) is 0 Å². The highest BCUT2D eigenvalue weighted by Gasteiger charge is 2.39. The Morgan fingerprint density at radius 1 is 1.17 bits per heavy atom. The number of hydrogen-bond acceptors (Lipinski definition) is 5. The molecular formula is C17H23NO5. The van der Waals surface area contributed by atoms with E-state index in [-0.39, 0.29) is 12.5 Å². The van der Waals surface area contributed by atoms with E-state index in [1.54, 1.807) is 13.2 Å². The van der Waals surface area contributed by atoms with Crippen molar-refractivity contribution < 1.29 is 23.7 Å². The molecule has 3 rings (SSSR count). The summed E-state index contributed by atoms with van der Waals surface area (Å²) in [6, 6.07) is 7.32. The van der Waals surface area contributed by atoms with Gasteiger partial charge in [0.25, 0.3) is 5.91 Å². The second kappa shape index (κ2) is 7.19. The molecular weight excluding hydrogens is 298 g/mol. The Morgan fingerprint density at radius 3 is 2.48 bits per heavy atom. The molecule has 0 N–H and O–H groups in total. The van der Waals surface area contributed by atoms with Crippen LogP contribution in [0, 0.1) is 0 Å². The molecule has 2 saturated heterocycles. The molecule has 23 heavy (non-hydrogen) atoms. The van der Waals surface area contributed by atoms with Crippen LogP contribution in [0.5, 0.6) is 11.5 Å². The maximum atomic E-state index is 12.3. The van der Waals surface area contributed by atoms with Crippen molar-refractivity contribution in [3.05, 3.63) is 24.3 Å². The molecule has 2 aliphatic rings. The molecule has 0 aliphatic carbocycles. The quantitative estimate of drug-likeness (QED) is 0.847. The number of benzene rings is 1. The second-order valence-corrected chi connectivity index (χ2v) is 5.78. The Hall–Kier alpha value is -1.79. The summed E-state index contributed by atoms with van der Waals surface area (Å²) in [5.74, 6) is 0.706. The number of nitrogens with zero attached hydrogens (tertiary/aromatic N) is 1. The van der Waals surface area contributed by atoms with Crippen molar-refractivity contribution in [3.8, 4) is 11.5 Å². The lowest BCUT2D eigenvalue weighted by atomic mass is 10.0. The number of likely N-dealkylation sites (tertiary alicyclic amines) is 1. The van der Waals surface area contributed by atoms with E-state index in [0.717, 1.165) is 19.6 Å². The van der Waals surface area contributed by atoms with Crippen LogP contribution in [0.3, 0.4) is 0 Å². The molecule has 6 heteroatoms. The zero-order valence-electron chi connectivity index (χ0n) is 13.5. The van der Waals surface area contributed by atoms with Crippen LogP contribution in [0.4, 0.5) is 0 Å². The highest BCUT2D eigenvalue weighted by atomic mass is 16.7. The summed E-state index contributed by atoms with van der Waals surface area (Å²) in [6.45, 7) is 2.76. The first kappa shape index (κ1) is 16.1. The number of piperidine rings is 1. The first-order valence-electron chi connectivity index (χ1n) is 8.04. The van der Waals surface area contributed by atoms with Gasteiger partial charge in [-0.3, -0.25) is 4.79 Å². The summed E-state index contributed by atoms with van der Waals surface area (Å²) >= 11 is 0. The number of methoxy groups -OCH3 is 1. The summed E-state index contributed by atoms with van der Waals surface area (Å²) < 4.78 is 22.4. The van der Waals surface area contributed by atoms with Gasteiger partial charge in [-0.15, -0.1) is 0 Å². The molecule has 1 spiro atoms. The predicted molar refractivity (Wildman–Crippen MR) is 83.6 cm³/mol. The molecule has 1 amide bonds. The van der Waals surface area contributed by atoms with E-state index in [9.17, 15) is 4.79 Å². The topological polar surface area (TPSA) is 57.2 Å². The second-order valence-electron chi connectivity index (χ2n) is 5.78. The average molecular weight is 321 g/mol. The van der Waals surface area contributed by atoms with Crippen LogP contribution in [-0.4, -0.2) is 56.6 Å². The molecule has 0 radical (unpaired) electrons. The average Bonchev–Trinajstić information content (AvgIpc) is 2.61. The third kappa shape index (κ3) is 3.76. The Kier molecular flexibility index (Phi) is 5.03. The largest absolute Gasteiger partial charge is 0.493 e. The lowest BCUT2D eigenvalue weighted by Gasteiger charge is -2.43. The zero-order valence-corrected chi connectivity index (χ0v) is 13.5. The lowest BCUT2D eigenvalue weighted by Crippen LogP contribution is -2.52. The van der Waals surface area contributed by atoms with Crippen LogP contribution in [0.1, 0.15) is 19.3 Å². The Bertz CT molecular complexity index is 532. The van der Waals surface area contributed by atoms with Crippen LogP contribution in [0.15, 0.2) is 24.3 Å². The number of para-hydroxylation sites is 2. The smallest absolute Gasteiger partial charge is 0.260 e. The third-order valence-corrected chi connectivity index (χ3v) is 4.32. The number of rotatable bonds is 4. The van der Waals surface area contributed by atoms with Gasteiger partial charge < -0.3 is 23.8 Å². The first-order valence-corrected chi connectivity index (χ1v) is 8.04. The van der Waals surface area contributed by atoms with E-state index in [0.29, 0.717) is 37.4 Å². The summed E-state index contributed by atoms with van der Waals surface area (Å²) in [5, 5.41) is 0. The summed E-state index contributed by atoms with van der Waals surface area (Å²) in [5.41, 5.74) is 0. The minimum atomic E-state index is -0.474. The fraction of sp³-hybridized carbons (Fsp3) is 0.588. The van der Waals surface area contributed by atoms with E-state index >= 15 is 0 Å². The summed E-state index contributed by atoms with van der Waals surface area (Å²) in [7, 11) is 1.58. The van der Waals surface area contributed by atoms with Gasteiger partial charge in [-0.25, -0.2) is 0 Å². The normalized spacial score (nSPS) is 20.3. The predicted octanol–water partition coefficient (Wildman–Crippen LogP) is 1.83. The molecule has 2 heterocycles. The molecule has 2 fully saturated rings. The SMILES string of the molecule is COc1ccccc1OCC(=O)N1CCC2(CC1)OCCCO2. The van der Waals surface area contributed by atoms with Gasteiger partial charge >= 0.3 is 0 Å². The molecule has 0 aromatic heterocycles. The lowest BCUT2D eigenvalue weighted by molar-refractivity contribution is -0.282. The molecule has 126 valence electrons. The van der Waals surface area contributed by atoms with Crippen molar-refractivity contribution in [1.29, 1.82) is 0 Å². The van der Waals surface area contributed by atoms with Gasteiger partial charge in [0.1, 0.15) is 0 Å². The minimum absolute atomic E-state index is 0.00902. The van der Waals surface area contributed by atoms with Crippen molar-refractivity contribution in [3.63, 3.8) is 0 Å². The molecule has 0 atom stereocenters. The minimum Gasteiger partial charge on any atom is -0.493 e. The van der Waals surface area contributed by atoms with E-state index in [2.05, 4.69) is 0 Å². The van der Waals surface area contributed by atoms with E-state index < -0.39 is 5.79 Å². The molecule has 0 saturated carbocycles. The van der Waals surface area contributed by atoms with Gasteiger partial charge in [0, 0.05) is 25.9 Å². The number of carbonyl (C=O) groups excluding carboxylic acids is 1. The monoisotopic (exact) mass is 321 g/mol. The first-order chi connectivity index (χ1) is 11.2. The molecule has 6 nitrogen and oxygen atoms in total. The van der Waals surface area contributed by atoms with Crippen molar-refractivity contribution >= 4 is 5.91 Å². The fourth-order valence-corrected chi connectivity index (χ4v) is 2.97. The third-order valence-electron chi connectivity index (χ3n) is 4.32. The maximum Gasteiger partial charge on any atom is 0.260 e. The summed E-state index contributed by atoms with van der Waals surface area (Å²) in [6.07, 6.45) is 2.37. The van der Waals surface area contributed by atoms with Crippen LogP contribution in [0.2, 0.25) is 0 Å². The number of ether oxygens (including phenoxy) is 4. The fourth-order valence-electron chi connectivity index (χ4n) is 2.97. The van der Waals surface area contributed by atoms with Gasteiger partial charge in [0.2, 0.25) is 0 Å². The van der Waals surface area contributed by atoms with E-state index in [1.165, 1.54) is 0 Å². The molecule has 0 unspecified atom stereocenters. The van der Waals surface area contributed by atoms with Gasteiger partial charge in [0.05, 0.1) is 20.3 Å². The molecule has 2 aliphatic heterocycles. The van der Waals surface area contributed by atoms with Gasteiger partial charge in [0.15, 0.2) is 23.9 Å². The Morgan fingerprint density at radius 2 is 1.83 bits per heavy atom. The van der Waals surface area contributed by atoms with Crippen molar-refractivity contribution in [2.24, 2.45) is 0 Å². The number of carbonyl (C=O) groups is 1. The maximum absolute atomic E-state index is 12.3. The van der Waals surface area contributed by atoms with E-state index in [1.807, 2.05) is 23.1 Å². The van der Waals surface area contributed by atoms with Gasteiger partial charge in [-0.05, 0) is 18.6 Å². The Balaban J connectivity index is 1.50. The standard InChI is InChI=1S/C17H23NO5/c1-20-14-5-2-3-6-15(14)21-13-16(19)18-9-7-17(8-10-18)22-11-4-12-23-17/h2-3,5-6H,4,7-13H2,1H3. The van der Waals surface area contributed by atoms with E-state index in [4.69, 9.17) is 18.9 Å². The van der Waals surface area contributed by atoms with Crippen LogP contribution in [-0.2, 0) is 14.3 Å². The van der Waals surface area contributed by atoms with Crippen molar-refractivity contribution in [1.82, 2.24) is 4.90 Å². The number of hydrogen-bond donors (Lipinski definition) is 0. The van der Waals surface area contributed by atoms with Crippen LogP contribution < -0.4 is 9.47 Å². The molecule has 1 aromatic rings.